The fourth-order valence-electron chi connectivity index (χ4n) is 3.33. The van der Waals surface area contributed by atoms with Crippen LogP contribution in [0.5, 0.6) is 11.6 Å². The zero-order chi connectivity index (χ0) is 23.1. The first-order valence-electron chi connectivity index (χ1n) is 11.1. The molecule has 0 amide bonds. The molecule has 2 heterocycles. The predicted octanol–water partition coefficient (Wildman–Crippen LogP) is 9.46. The van der Waals surface area contributed by atoms with E-state index in [1.54, 1.807) is 18.4 Å². The summed E-state index contributed by atoms with van der Waals surface area (Å²) in [4.78, 5) is 21.5. The number of benzene rings is 1. The molecule has 3 aromatic rings. The Morgan fingerprint density at radius 3 is 2.11 bits per heavy atom. The van der Waals surface area contributed by atoms with Crippen LogP contribution in [0.2, 0.25) is 0 Å². The van der Waals surface area contributed by atoms with Gasteiger partial charge in [0, 0.05) is 6.07 Å². The van der Waals surface area contributed by atoms with Gasteiger partial charge in [0.25, 0.3) is 0 Å². The number of ether oxygens (including phenoxy) is 3. The largest absolute Gasteiger partial charge is 0.497 e. The number of carbonyl (C=O) groups is 1. The molecule has 37 heavy (non-hydrogen) atoms. The number of esters is 1. The third-order valence-corrected chi connectivity index (χ3v) is 5.87. The van der Waals surface area contributed by atoms with Crippen molar-refractivity contribution >= 4 is 28.3 Å². The molecular weight excluding hydrogens is 484 g/mol. The van der Waals surface area contributed by atoms with Gasteiger partial charge in [-0.2, -0.15) is 0 Å². The third kappa shape index (κ3) is 11.1. The number of fused-ring (bicyclic) bond motifs is 1. The number of thiophene rings is 1. The van der Waals surface area contributed by atoms with Crippen molar-refractivity contribution in [2.24, 2.45) is 5.92 Å². The number of hydrogen-bond acceptors (Lipinski definition) is 7. The maximum absolute atomic E-state index is 11.1. The maximum atomic E-state index is 11.1. The molecule has 7 heteroatoms. The Hall–Kier alpha value is -2.67. The summed E-state index contributed by atoms with van der Waals surface area (Å²) in [6, 6.07) is 9.69. The van der Waals surface area contributed by atoms with Gasteiger partial charge < -0.3 is 14.2 Å². The van der Waals surface area contributed by atoms with E-state index >= 15 is 0 Å². The molecular formula is C30H52N2O4S. The molecule has 1 aliphatic rings. The number of nitrogens with zero attached hydrogens (tertiary/aromatic N) is 2. The van der Waals surface area contributed by atoms with E-state index in [0.29, 0.717) is 5.88 Å². The van der Waals surface area contributed by atoms with Gasteiger partial charge in [-0.15, -0.1) is 11.3 Å². The Morgan fingerprint density at radius 1 is 0.946 bits per heavy atom. The van der Waals surface area contributed by atoms with Crippen LogP contribution in [-0.4, -0.2) is 35.3 Å². The molecule has 4 rings (SSSR count). The van der Waals surface area contributed by atoms with Crippen LogP contribution in [0.1, 0.15) is 90.5 Å². The minimum Gasteiger partial charge on any atom is -0.497 e. The van der Waals surface area contributed by atoms with Crippen molar-refractivity contribution in [1.82, 2.24) is 9.97 Å². The fourth-order valence-corrected chi connectivity index (χ4v) is 4.04. The van der Waals surface area contributed by atoms with Gasteiger partial charge in [-0.1, -0.05) is 57.0 Å². The normalized spacial score (nSPS) is 12.0. The van der Waals surface area contributed by atoms with Crippen LogP contribution in [0, 0.1) is 5.92 Å². The van der Waals surface area contributed by atoms with E-state index < -0.39 is 0 Å². The van der Waals surface area contributed by atoms with E-state index in [4.69, 9.17) is 19.2 Å². The van der Waals surface area contributed by atoms with Crippen molar-refractivity contribution in [2.75, 3.05) is 7.11 Å². The second kappa shape index (κ2) is 18.6. The Kier molecular flexibility index (Phi) is 19.5. The van der Waals surface area contributed by atoms with E-state index in [1.807, 2.05) is 63.4 Å². The van der Waals surface area contributed by atoms with Crippen molar-refractivity contribution in [3.8, 4) is 22.2 Å². The summed E-state index contributed by atoms with van der Waals surface area (Å²) in [6.07, 6.45) is 4.84. The van der Waals surface area contributed by atoms with Crippen molar-refractivity contribution in [3.05, 3.63) is 35.7 Å². The van der Waals surface area contributed by atoms with E-state index in [1.165, 1.54) is 12.8 Å². The lowest BCUT2D eigenvalue weighted by molar-refractivity contribution is -0.152. The van der Waals surface area contributed by atoms with Gasteiger partial charge in [0.2, 0.25) is 5.88 Å². The van der Waals surface area contributed by atoms with E-state index in [-0.39, 0.29) is 61.2 Å². The Labute approximate surface area is 230 Å². The molecule has 0 atom stereocenters. The summed E-state index contributed by atoms with van der Waals surface area (Å²) < 4.78 is 16.3. The first kappa shape index (κ1) is 38.9. The summed E-state index contributed by atoms with van der Waals surface area (Å²) in [6.45, 7) is 7.71. The number of carbonyl (C=O) groups excluding carboxylic acids is 1. The van der Waals surface area contributed by atoms with Crippen molar-refractivity contribution < 1.29 is 19.0 Å². The highest BCUT2D eigenvalue weighted by Gasteiger charge is 2.20. The topological polar surface area (TPSA) is 70.5 Å². The SMILES string of the molecule is C.C.C.C.C.CC(C)C(=O)OC1CCCC1.COc1ccc2nc(-c3cccs3)c(OC(C)C)nc2c1. The molecule has 0 spiro atoms. The van der Waals surface area contributed by atoms with Crippen molar-refractivity contribution in [3.63, 3.8) is 0 Å². The molecule has 0 aliphatic heterocycles. The van der Waals surface area contributed by atoms with Gasteiger partial charge in [0.1, 0.15) is 17.5 Å². The molecule has 1 fully saturated rings. The second-order valence-corrected chi connectivity index (χ2v) is 9.32. The number of rotatable bonds is 6. The average molecular weight is 537 g/mol. The Morgan fingerprint density at radius 2 is 1.59 bits per heavy atom. The standard InChI is InChI=1S/C16H16N2O2S.C9H16O2.5CH4/c1-10(2)20-16-15(14-5-4-8-21-14)17-12-7-6-11(19-3)9-13(12)18-16;1-7(2)9(10)11-8-5-3-4-6-8;;;;;/h4-10H,1-3H3;7-8H,3-6H2,1-2H3;5*1H4. The quantitative estimate of drug-likeness (QED) is 0.292. The molecule has 1 saturated carbocycles. The van der Waals surface area contributed by atoms with Crippen LogP contribution in [0.25, 0.3) is 21.6 Å². The summed E-state index contributed by atoms with van der Waals surface area (Å²) in [7, 11) is 1.64. The fraction of sp³-hybridized carbons (Fsp3) is 0.567. The van der Waals surface area contributed by atoms with Gasteiger partial charge >= 0.3 is 5.97 Å². The van der Waals surface area contributed by atoms with E-state index in [2.05, 4.69) is 4.98 Å². The van der Waals surface area contributed by atoms with Crippen molar-refractivity contribution in [2.45, 2.75) is 103 Å². The molecule has 0 radical (unpaired) electrons. The van der Waals surface area contributed by atoms with E-state index in [9.17, 15) is 4.79 Å². The maximum Gasteiger partial charge on any atom is 0.308 e. The summed E-state index contributed by atoms with van der Waals surface area (Å²) in [5.41, 5.74) is 2.39. The van der Waals surface area contributed by atoms with Gasteiger partial charge in [0.05, 0.1) is 35.0 Å². The first-order chi connectivity index (χ1) is 15.4. The lowest BCUT2D eigenvalue weighted by Gasteiger charge is -2.13. The Balaban J connectivity index is -0.000000633. The molecule has 0 saturated heterocycles. The Bertz CT molecular complexity index is 1010. The third-order valence-electron chi connectivity index (χ3n) is 5.00. The zero-order valence-electron chi connectivity index (χ0n) is 19.5. The van der Waals surface area contributed by atoms with Crippen LogP contribution in [0.3, 0.4) is 0 Å². The first-order valence-corrected chi connectivity index (χ1v) is 12.0. The zero-order valence-corrected chi connectivity index (χ0v) is 20.3. The van der Waals surface area contributed by atoms with Crippen LogP contribution >= 0.6 is 11.3 Å². The summed E-state index contributed by atoms with van der Waals surface area (Å²) in [5, 5.41) is 2.02. The van der Waals surface area contributed by atoms with Crippen LogP contribution in [0.15, 0.2) is 35.7 Å². The molecule has 6 nitrogen and oxygen atoms in total. The van der Waals surface area contributed by atoms with Gasteiger partial charge in [-0.05, 0) is 63.1 Å². The number of aromatic nitrogens is 2. The molecule has 212 valence electrons. The molecule has 0 unspecified atom stereocenters. The van der Waals surface area contributed by atoms with Crippen LogP contribution in [0.4, 0.5) is 0 Å². The van der Waals surface area contributed by atoms with Gasteiger partial charge in [-0.25, -0.2) is 9.97 Å². The minimum atomic E-state index is -0.0445. The highest BCUT2D eigenvalue weighted by Crippen LogP contribution is 2.33. The predicted molar refractivity (Wildman–Crippen MR) is 162 cm³/mol. The smallest absolute Gasteiger partial charge is 0.308 e. The highest BCUT2D eigenvalue weighted by molar-refractivity contribution is 7.13. The second-order valence-electron chi connectivity index (χ2n) is 8.37. The average Bonchev–Trinajstić information content (AvgIpc) is 3.47. The van der Waals surface area contributed by atoms with Gasteiger partial charge in [-0.3, -0.25) is 4.79 Å². The number of hydrogen-bond donors (Lipinski definition) is 0. The molecule has 1 aliphatic carbocycles. The van der Waals surface area contributed by atoms with Gasteiger partial charge in [0.15, 0.2) is 0 Å². The van der Waals surface area contributed by atoms with Crippen LogP contribution in [-0.2, 0) is 9.53 Å². The van der Waals surface area contributed by atoms with E-state index in [0.717, 1.165) is 40.2 Å². The highest BCUT2D eigenvalue weighted by atomic mass is 32.1. The molecule has 2 aromatic heterocycles. The molecule has 0 bridgehead atoms. The van der Waals surface area contributed by atoms with Crippen LogP contribution < -0.4 is 9.47 Å². The monoisotopic (exact) mass is 536 g/mol. The molecule has 0 N–H and O–H groups in total. The summed E-state index contributed by atoms with van der Waals surface area (Å²) in [5.74, 6) is 1.30. The molecule has 1 aromatic carbocycles. The number of methoxy groups -OCH3 is 1. The lowest BCUT2D eigenvalue weighted by Crippen LogP contribution is -2.18. The lowest BCUT2D eigenvalue weighted by atomic mass is 10.2. The van der Waals surface area contributed by atoms with Crippen molar-refractivity contribution in [1.29, 1.82) is 0 Å². The minimum absolute atomic E-state index is 0. The summed E-state index contributed by atoms with van der Waals surface area (Å²) >= 11 is 1.63.